The average molecular weight is 377 g/mol. The fourth-order valence-corrected chi connectivity index (χ4v) is 3.01. The van der Waals surface area contributed by atoms with E-state index in [-0.39, 0.29) is 18.2 Å². The first-order valence-corrected chi connectivity index (χ1v) is 8.99. The molecule has 1 aromatic heterocycles. The normalized spacial score (nSPS) is 15.0. The van der Waals surface area contributed by atoms with Crippen LogP contribution < -0.4 is 15.4 Å². The van der Waals surface area contributed by atoms with Crippen LogP contribution in [0.4, 0.5) is 11.6 Å². The number of hydrogen-bond donors (Lipinski definition) is 2. The largest absolute Gasteiger partial charge is 0.494 e. The number of anilines is 2. The molecule has 28 heavy (non-hydrogen) atoms. The van der Waals surface area contributed by atoms with E-state index in [9.17, 15) is 9.59 Å². The highest BCUT2D eigenvalue weighted by atomic mass is 16.5. The molecule has 3 aromatic rings. The number of carbonyl (C=O) groups is 2. The van der Waals surface area contributed by atoms with Crippen LogP contribution in [-0.4, -0.2) is 33.2 Å². The maximum Gasteiger partial charge on any atom is 0.252 e. The van der Waals surface area contributed by atoms with Gasteiger partial charge in [0.25, 0.3) is 5.91 Å². The summed E-state index contributed by atoms with van der Waals surface area (Å²) in [5.74, 6) is 1.01. The quantitative estimate of drug-likeness (QED) is 0.688. The smallest absolute Gasteiger partial charge is 0.252 e. The van der Waals surface area contributed by atoms with E-state index in [0.29, 0.717) is 24.1 Å². The average Bonchev–Trinajstić information content (AvgIpc) is 3.23. The number of benzene rings is 2. The molecular formula is C20H19N5O3. The molecule has 1 aliphatic rings. The van der Waals surface area contributed by atoms with Gasteiger partial charge in [-0.3, -0.25) is 14.9 Å². The number of ether oxygens (including phenoxy) is 1. The highest BCUT2D eigenvalue weighted by molar-refractivity contribution is 6.01. The van der Waals surface area contributed by atoms with Crippen molar-refractivity contribution in [2.24, 2.45) is 0 Å². The summed E-state index contributed by atoms with van der Waals surface area (Å²) in [6.07, 6.45) is -0.0381. The van der Waals surface area contributed by atoms with Crippen molar-refractivity contribution in [2.45, 2.75) is 19.4 Å². The Morgan fingerprint density at radius 2 is 1.93 bits per heavy atom. The zero-order valence-electron chi connectivity index (χ0n) is 15.3. The van der Waals surface area contributed by atoms with Crippen LogP contribution >= 0.6 is 0 Å². The zero-order chi connectivity index (χ0) is 19.5. The minimum Gasteiger partial charge on any atom is -0.494 e. The lowest BCUT2D eigenvalue weighted by atomic mass is 10.2. The Bertz CT molecular complexity index is 998. The molecule has 0 spiro atoms. The summed E-state index contributed by atoms with van der Waals surface area (Å²) in [5, 5.41) is 9.88. The van der Waals surface area contributed by atoms with Gasteiger partial charge in [-0.1, -0.05) is 30.3 Å². The number of rotatable bonds is 6. The molecule has 0 aliphatic carbocycles. The summed E-state index contributed by atoms with van der Waals surface area (Å²) < 4.78 is 6.86. The van der Waals surface area contributed by atoms with E-state index >= 15 is 0 Å². The monoisotopic (exact) mass is 377 g/mol. The van der Waals surface area contributed by atoms with Gasteiger partial charge in [-0.05, 0) is 31.2 Å². The number of amides is 2. The molecule has 1 atom stereocenters. The van der Waals surface area contributed by atoms with E-state index in [4.69, 9.17) is 4.74 Å². The number of nitrogens with one attached hydrogen (secondary N) is 2. The zero-order valence-corrected chi connectivity index (χ0v) is 15.3. The summed E-state index contributed by atoms with van der Waals surface area (Å²) >= 11 is 0. The van der Waals surface area contributed by atoms with Crippen molar-refractivity contribution in [2.75, 3.05) is 17.2 Å². The molecule has 0 bridgehead atoms. The van der Waals surface area contributed by atoms with Crippen LogP contribution in [0, 0.1) is 0 Å². The molecule has 0 radical (unpaired) electrons. The van der Waals surface area contributed by atoms with E-state index in [1.807, 2.05) is 37.3 Å². The molecule has 1 aliphatic heterocycles. The van der Waals surface area contributed by atoms with Crippen LogP contribution in [0.1, 0.15) is 19.4 Å². The summed E-state index contributed by atoms with van der Waals surface area (Å²) in [7, 11) is 0. The molecule has 0 fully saturated rings. The maximum atomic E-state index is 12.4. The first kappa shape index (κ1) is 17.7. The highest BCUT2D eigenvalue weighted by Gasteiger charge is 2.35. The molecular weight excluding hydrogens is 358 g/mol. The number of hydrogen-bond acceptors (Lipinski definition) is 5. The topological polar surface area (TPSA) is 98.1 Å². The van der Waals surface area contributed by atoms with Crippen molar-refractivity contribution in [3.63, 3.8) is 0 Å². The molecule has 2 heterocycles. The van der Waals surface area contributed by atoms with Gasteiger partial charge in [0, 0.05) is 11.3 Å². The summed E-state index contributed by atoms with van der Waals surface area (Å²) in [5.41, 5.74) is 1.48. The Labute approximate surface area is 161 Å². The third-order valence-corrected chi connectivity index (χ3v) is 4.32. The highest BCUT2D eigenvalue weighted by Crippen LogP contribution is 2.28. The van der Waals surface area contributed by atoms with Crippen LogP contribution in [0.3, 0.4) is 0 Å². The van der Waals surface area contributed by atoms with Gasteiger partial charge in [0.2, 0.25) is 11.9 Å². The molecule has 1 unspecified atom stereocenters. The lowest BCUT2D eigenvalue weighted by Gasteiger charge is -2.10. The lowest BCUT2D eigenvalue weighted by molar-refractivity contribution is -0.123. The van der Waals surface area contributed by atoms with Crippen molar-refractivity contribution >= 4 is 23.5 Å². The third-order valence-electron chi connectivity index (χ3n) is 4.32. The van der Waals surface area contributed by atoms with Crippen molar-refractivity contribution in [3.05, 3.63) is 54.6 Å². The van der Waals surface area contributed by atoms with Crippen molar-refractivity contribution < 1.29 is 14.3 Å². The lowest BCUT2D eigenvalue weighted by Crippen LogP contribution is -2.23. The number of aromatic nitrogens is 3. The Morgan fingerprint density at radius 3 is 2.64 bits per heavy atom. The van der Waals surface area contributed by atoms with Crippen LogP contribution in [0.5, 0.6) is 5.75 Å². The second kappa shape index (κ2) is 7.51. The molecule has 0 saturated heterocycles. The number of fused-ring (bicyclic) bond motifs is 1. The summed E-state index contributed by atoms with van der Waals surface area (Å²) in [4.78, 5) is 29.0. The number of nitrogens with zero attached hydrogens (tertiary/aromatic N) is 3. The Kier molecular flexibility index (Phi) is 4.76. The summed E-state index contributed by atoms with van der Waals surface area (Å²) in [6.45, 7) is 2.48. The Hall–Kier alpha value is -3.68. The van der Waals surface area contributed by atoms with Gasteiger partial charge in [-0.15, -0.1) is 5.10 Å². The van der Waals surface area contributed by atoms with Crippen LogP contribution in [0.15, 0.2) is 54.6 Å². The first-order valence-electron chi connectivity index (χ1n) is 8.99. The molecule has 2 aromatic carbocycles. The predicted octanol–water partition coefficient (Wildman–Crippen LogP) is 2.87. The number of carbonyl (C=O) groups excluding carboxylic acids is 2. The molecule has 4 rings (SSSR count). The molecule has 142 valence electrons. The van der Waals surface area contributed by atoms with Gasteiger partial charge in [0.05, 0.1) is 13.0 Å². The predicted molar refractivity (Wildman–Crippen MR) is 104 cm³/mol. The van der Waals surface area contributed by atoms with Gasteiger partial charge in [-0.2, -0.15) is 4.98 Å². The van der Waals surface area contributed by atoms with Crippen molar-refractivity contribution in [1.29, 1.82) is 0 Å². The molecule has 8 heteroatoms. The van der Waals surface area contributed by atoms with Crippen molar-refractivity contribution in [3.8, 4) is 17.1 Å². The third kappa shape index (κ3) is 3.57. The van der Waals surface area contributed by atoms with Crippen LogP contribution in [0.2, 0.25) is 0 Å². The Balaban J connectivity index is 1.46. The minimum absolute atomic E-state index is 0.0381. The standard InChI is InChI=1S/C20H19N5O3/c1-2-28-15-10-8-14(9-11-15)21-17(26)12-16-19(27)23-20-22-18(24-25(16)20)13-6-4-3-5-7-13/h3-11,16H,2,12H2,1H3,(H,21,26)(H,22,23,24,27). The SMILES string of the molecule is CCOc1ccc(NC(=O)CC2C(=O)Nc3nc(-c4ccccc4)nn32)cc1. The Morgan fingerprint density at radius 1 is 1.18 bits per heavy atom. The van der Waals surface area contributed by atoms with Gasteiger partial charge < -0.3 is 10.1 Å². The van der Waals surface area contributed by atoms with Gasteiger partial charge in [0.1, 0.15) is 11.8 Å². The molecule has 0 saturated carbocycles. The van der Waals surface area contributed by atoms with Gasteiger partial charge in [-0.25, -0.2) is 4.68 Å². The van der Waals surface area contributed by atoms with E-state index < -0.39 is 6.04 Å². The van der Waals surface area contributed by atoms with Crippen LogP contribution in [-0.2, 0) is 9.59 Å². The fraction of sp³-hybridized carbons (Fsp3) is 0.200. The van der Waals surface area contributed by atoms with E-state index in [1.54, 1.807) is 24.3 Å². The fourth-order valence-electron chi connectivity index (χ4n) is 3.01. The minimum atomic E-state index is -0.734. The van der Waals surface area contributed by atoms with E-state index in [0.717, 1.165) is 11.3 Å². The molecule has 2 N–H and O–H groups in total. The maximum absolute atomic E-state index is 12.4. The van der Waals surface area contributed by atoms with E-state index in [2.05, 4.69) is 20.7 Å². The van der Waals surface area contributed by atoms with Crippen molar-refractivity contribution in [1.82, 2.24) is 14.8 Å². The van der Waals surface area contributed by atoms with Gasteiger partial charge in [0.15, 0.2) is 5.82 Å². The first-order chi connectivity index (χ1) is 13.6. The summed E-state index contributed by atoms with van der Waals surface area (Å²) in [6, 6.07) is 15.8. The second-order valence-corrected chi connectivity index (χ2v) is 6.28. The van der Waals surface area contributed by atoms with Crippen LogP contribution in [0.25, 0.3) is 11.4 Å². The second-order valence-electron chi connectivity index (χ2n) is 6.28. The molecule has 8 nitrogen and oxygen atoms in total. The van der Waals surface area contributed by atoms with E-state index in [1.165, 1.54) is 4.68 Å². The van der Waals surface area contributed by atoms with Gasteiger partial charge >= 0.3 is 0 Å². The molecule has 2 amide bonds.